The van der Waals surface area contributed by atoms with E-state index in [4.69, 9.17) is 4.74 Å². The Morgan fingerprint density at radius 1 is 0.903 bits per heavy atom. The van der Waals surface area contributed by atoms with Gasteiger partial charge >= 0.3 is 0 Å². The summed E-state index contributed by atoms with van der Waals surface area (Å²) >= 11 is 0. The minimum absolute atomic E-state index is 0.171. The minimum atomic E-state index is -0.380. The molecule has 2 aromatic carbocycles. The fraction of sp³-hybridized carbons (Fsp3) is 0.333. The van der Waals surface area contributed by atoms with Crippen LogP contribution in [-0.2, 0) is 16.1 Å². The summed E-state index contributed by atoms with van der Waals surface area (Å²) in [5.74, 6) is -0.317. The van der Waals surface area contributed by atoms with E-state index in [-0.39, 0.29) is 24.2 Å². The number of imide groups is 1. The third-order valence-corrected chi connectivity index (χ3v) is 5.91. The normalized spacial score (nSPS) is 17.6. The van der Waals surface area contributed by atoms with E-state index in [1.807, 2.05) is 17.0 Å². The van der Waals surface area contributed by atoms with Crippen molar-refractivity contribution in [3.8, 4) is 5.75 Å². The largest absolute Gasteiger partial charge is 0.497 e. The quantitative estimate of drug-likeness (QED) is 0.669. The Hall–Kier alpha value is -3.19. The monoisotopic (exact) mass is 423 g/mol. The molecule has 1 fully saturated rings. The first kappa shape index (κ1) is 21.1. The molecule has 2 aromatic rings. The van der Waals surface area contributed by atoms with E-state index in [1.165, 1.54) is 17.0 Å². The second-order valence-electron chi connectivity index (χ2n) is 7.70. The number of carbonyl (C=O) groups excluding carboxylic acids is 2. The fourth-order valence-electron chi connectivity index (χ4n) is 4.08. The van der Waals surface area contributed by atoms with Gasteiger partial charge in [0.25, 0.3) is 11.8 Å². The van der Waals surface area contributed by atoms with Crippen LogP contribution in [0.15, 0.2) is 54.2 Å². The van der Waals surface area contributed by atoms with Gasteiger partial charge in [-0.2, -0.15) is 0 Å². The van der Waals surface area contributed by atoms with Gasteiger partial charge < -0.3 is 14.5 Å². The summed E-state index contributed by atoms with van der Waals surface area (Å²) in [5.41, 5.74) is 2.16. The maximum absolute atomic E-state index is 13.5. The number of amides is 2. The number of likely N-dealkylation sites (N-methyl/N-ethyl adjacent to an activating group) is 1. The minimum Gasteiger partial charge on any atom is -0.497 e. The van der Waals surface area contributed by atoms with Crippen LogP contribution in [0.4, 0.5) is 4.39 Å². The highest BCUT2D eigenvalue weighted by molar-refractivity contribution is 6.35. The Bertz CT molecular complexity index is 994. The van der Waals surface area contributed by atoms with Crippen LogP contribution in [0.25, 0.3) is 5.57 Å². The Balaban J connectivity index is 1.67. The molecule has 0 radical (unpaired) electrons. The average Bonchev–Trinajstić information content (AvgIpc) is 3.05. The Morgan fingerprint density at radius 3 is 2.13 bits per heavy atom. The van der Waals surface area contributed by atoms with E-state index < -0.39 is 0 Å². The van der Waals surface area contributed by atoms with Gasteiger partial charge in [0, 0.05) is 26.2 Å². The molecule has 0 unspecified atom stereocenters. The number of benzene rings is 2. The highest BCUT2D eigenvalue weighted by Crippen LogP contribution is 2.33. The van der Waals surface area contributed by atoms with Gasteiger partial charge in [-0.1, -0.05) is 31.2 Å². The van der Waals surface area contributed by atoms with Crippen LogP contribution in [0, 0.1) is 5.82 Å². The zero-order valence-corrected chi connectivity index (χ0v) is 17.8. The van der Waals surface area contributed by atoms with Crippen molar-refractivity contribution in [1.29, 1.82) is 0 Å². The molecule has 162 valence electrons. The molecule has 4 rings (SSSR count). The Kier molecular flexibility index (Phi) is 6.04. The summed E-state index contributed by atoms with van der Waals surface area (Å²) in [6.07, 6.45) is 0. The Labute approximate surface area is 181 Å². The van der Waals surface area contributed by atoms with Gasteiger partial charge in [-0.05, 0) is 41.9 Å². The van der Waals surface area contributed by atoms with Crippen LogP contribution in [0.2, 0.25) is 0 Å². The smallest absolute Gasteiger partial charge is 0.278 e. The third-order valence-electron chi connectivity index (χ3n) is 5.91. The molecule has 2 amide bonds. The summed E-state index contributed by atoms with van der Waals surface area (Å²) < 4.78 is 18.7. The number of carbonyl (C=O) groups is 2. The van der Waals surface area contributed by atoms with Gasteiger partial charge in [0.05, 0.1) is 19.2 Å². The first-order valence-corrected chi connectivity index (χ1v) is 10.5. The molecule has 7 heteroatoms. The van der Waals surface area contributed by atoms with Crippen molar-refractivity contribution in [2.45, 2.75) is 13.5 Å². The molecule has 1 saturated heterocycles. The molecule has 0 saturated carbocycles. The molecule has 2 aliphatic heterocycles. The van der Waals surface area contributed by atoms with Gasteiger partial charge in [-0.25, -0.2) is 4.39 Å². The number of ether oxygens (including phenoxy) is 1. The van der Waals surface area contributed by atoms with Gasteiger partial charge in [-0.3, -0.25) is 14.5 Å². The topological polar surface area (TPSA) is 53.1 Å². The number of piperazine rings is 1. The summed E-state index contributed by atoms with van der Waals surface area (Å²) in [5, 5.41) is 0. The number of nitrogens with zero attached hydrogens (tertiary/aromatic N) is 3. The van der Waals surface area contributed by atoms with Crippen molar-refractivity contribution in [2.75, 3.05) is 39.8 Å². The van der Waals surface area contributed by atoms with Crippen molar-refractivity contribution >= 4 is 17.4 Å². The number of rotatable bonds is 6. The van der Waals surface area contributed by atoms with Gasteiger partial charge in [0.15, 0.2) is 0 Å². The lowest BCUT2D eigenvalue weighted by Gasteiger charge is -2.36. The summed E-state index contributed by atoms with van der Waals surface area (Å²) in [6, 6.07) is 13.1. The number of hydrogen-bond donors (Lipinski definition) is 0. The number of methoxy groups -OCH3 is 1. The van der Waals surface area contributed by atoms with E-state index in [1.54, 1.807) is 31.4 Å². The molecule has 31 heavy (non-hydrogen) atoms. The van der Waals surface area contributed by atoms with E-state index in [0.29, 0.717) is 35.7 Å². The maximum atomic E-state index is 13.5. The van der Waals surface area contributed by atoms with E-state index in [2.05, 4.69) is 11.8 Å². The maximum Gasteiger partial charge on any atom is 0.278 e. The SMILES string of the molecule is CCN1CCN(C2=C(c3ccc(F)cc3)C(=O)N(Cc3ccc(OC)cc3)C2=O)CC1. The van der Waals surface area contributed by atoms with Crippen molar-refractivity contribution in [3.05, 3.63) is 71.2 Å². The van der Waals surface area contributed by atoms with E-state index >= 15 is 0 Å². The van der Waals surface area contributed by atoms with Crippen LogP contribution in [0.5, 0.6) is 5.75 Å². The van der Waals surface area contributed by atoms with E-state index in [0.717, 1.165) is 25.2 Å². The molecule has 0 atom stereocenters. The zero-order valence-electron chi connectivity index (χ0n) is 17.8. The van der Waals surface area contributed by atoms with Crippen LogP contribution in [0.1, 0.15) is 18.1 Å². The molecule has 6 nitrogen and oxygen atoms in total. The molecule has 0 aliphatic carbocycles. The zero-order chi connectivity index (χ0) is 22.0. The second kappa shape index (κ2) is 8.89. The predicted octanol–water partition coefficient (Wildman–Crippen LogP) is 2.75. The van der Waals surface area contributed by atoms with Gasteiger partial charge in [0.1, 0.15) is 17.3 Å². The van der Waals surface area contributed by atoms with E-state index in [9.17, 15) is 14.0 Å². The molecule has 0 N–H and O–H groups in total. The molecule has 2 aliphatic rings. The molecular weight excluding hydrogens is 397 g/mol. The predicted molar refractivity (Wildman–Crippen MR) is 116 cm³/mol. The van der Waals surface area contributed by atoms with Crippen molar-refractivity contribution in [2.24, 2.45) is 0 Å². The van der Waals surface area contributed by atoms with Crippen molar-refractivity contribution < 1.29 is 18.7 Å². The lowest BCUT2D eigenvalue weighted by molar-refractivity contribution is -0.138. The average molecular weight is 423 g/mol. The standard InChI is InChI=1S/C24H26FN3O3/c1-3-26-12-14-27(15-13-26)22-21(18-6-8-19(25)9-7-18)23(29)28(24(22)30)16-17-4-10-20(31-2)11-5-17/h4-11H,3,12-16H2,1-2H3. The fourth-order valence-corrected chi connectivity index (χ4v) is 4.08. The van der Waals surface area contributed by atoms with Crippen molar-refractivity contribution in [3.63, 3.8) is 0 Å². The number of halogens is 1. The lowest BCUT2D eigenvalue weighted by atomic mass is 10.0. The molecule has 0 spiro atoms. The highest BCUT2D eigenvalue weighted by Gasteiger charge is 2.42. The lowest BCUT2D eigenvalue weighted by Crippen LogP contribution is -2.47. The summed E-state index contributed by atoms with van der Waals surface area (Å²) in [6.45, 7) is 6.23. The first-order chi connectivity index (χ1) is 15.0. The van der Waals surface area contributed by atoms with Crippen LogP contribution >= 0.6 is 0 Å². The van der Waals surface area contributed by atoms with Crippen LogP contribution in [-0.4, -0.2) is 66.3 Å². The molecule has 2 heterocycles. The summed E-state index contributed by atoms with van der Waals surface area (Å²) in [7, 11) is 1.59. The third kappa shape index (κ3) is 4.18. The highest BCUT2D eigenvalue weighted by atomic mass is 19.1. The number of hydrogen-bond acceptors (Lipinski definition) is 5. The van der Waals surface area contributed by atoms with Crippen molar-refractivity contribution in [1.82, 2.24) is 14.7 Å². The van der Waals surface area contributed by atoms with Crippen LogP contribution in [0.3, 0.4) is 0 Å². The second-order valence-corrected chi connectivity index (χ2v) is 7.70. The van der Waals surface area contributed by atoms with Gasteiger partial charge in [-0.15, -0.1) is 0 Å². The van der Waals surface area contributed by atoms with Crippen LogP contribution < -0.4 is 4.74 Å². The summed E-state index contributed by atoms with van der Waals surface area (Å²) in [4.78, 5) is 32.4. The molecule has 0 bridgehead atoms. The van der Waals surface area contributed by atoms with Gasteiger partial charge in [0.2, 0.25) is 0 Å². The Morgan fingerprint density at radius 2 is 1.55 bits per heavy atom. The molecular formula is C24H26FN3O3. The first-order valence-electron chi connectivity index (χ1n) is 10.5. The molecule has 0 aromatic heterocycles.